The predicted molar refractivity (Wildman–Crippen MR) is 122 cm³/mol. The highest BCUT2D eigenvalue weighted by Gasteiger charge is 2.22. The van der Waals surface area contributed by atoms with Gasteiger partial charge >= 0.3 is 0 Å². The Labute approximate surface area is 181 Å². The van der Waals surface area contributed by atoms with E-state index >= 15 is 0 Å². The molecule has 3 aromatic rings. The van der Waals surface area contributed by atoms with Gasteiger partial charge in [0.25, 0.3) is 5.91 Å². The Balaban J connectivity index is 1.50. The number of hydrogen-bond donors (Lipinski definition) is 0. The molecular formula is C26H25N3O2. The highest BCUT2D eigenvalue weighted by Crippen LogP contribution is 2.35. The number of fused-ring (bicyclic) bond motifs is 2. The van der Waals surface area contributed by atoms with E-state index in [1.54, 1.807) is 13.1 Å². The number of aromatic nitrogens is 2. The third-order valence-electron chi connectivity index (χ3n) is 6.49. The van der Waals surface area contributed by atoms with Gasteiger partial charge in [0.05, 0.1) is 22.9 Å². The van der Waals surface area contributed by atoms with Gasteiger partial charge in [-0.15, -0.1) is 0 Å². The lowest BCUT2D eigenvalue weighted by atomic mass is 10.0. The SMILES string of the molecule is CC(=O)C1=C(C)c2cc(-c3cnc4ccc(C(=O)N5CCCCC5)cc4n3)ccc2C1. The zero-order chi connectivity index (χ0) is 21.5. The molecule has 5 rings (SSSR count). The van der Waals surface area contributed by atoms with E-state index in [1.165, 1.54) is 12.0 Å². The van der Waals surface area contributed by atoms with Crippen LogP contribution in [0.4, 0.5) is 0 Å². The van der Waals surface area contributed by atoms with Crippen molar-refractivity contribution in [1.82, 2.24) is 14.9 Å². The molecule has 1 aliphatic heterocycles. The lowest BCUT2D eigenvalue weighted by Crippen LogP contribution is -2.35. The fourth-order valence-electron chi connectivity index (χ4n) is 4.68. The van der Waals surface area contributed by atoms with Crippen LogP contribution in [0.3, 0.4) is 0 Å². The molecular weight excluding hydrogens is 386 g/mol. The fourth-order valence-corrected chi connectivity index (χ4v) is 4.68. The Morgan fingerprint density at radius 3 is 2.55 bits per heavy atom. The predicted octanol–water partition coefficient (Wildman–Crippen LogP) is 4.84. The molecule has 0 bridgehead atoms. The zero-order valence-corrected chi connectivity index (χ0v) is 17.9. The van der Waals surface area contributed by atoms with Crippen molar-refractivity contribution in [2.24, 2.45) is 0 Å². The minimum absolute atomic E-state index is 0.0730. The number of Topliss-reactive ketones (excluding diaryl/α,β-unsaturated/α-hetero) is 1. The van der Waals surface area contributed by atoms with Crippen molar-refractivity contribution in [1.29, 1.82) is 0 Å². The second kappa shape index (κ2) is 7.73. The zero-order valence-electron chi connectivity index (χ0n) is 17.9. The van der Waals surface area contributed by atoms with E-state index in [9.17, 15) is 9.59 Å². The number of benzene rings is 2. The number of amides is 1. The van der Waals surface area contributed by atoms with Gasteiger partial charge in [-0.05, 0) is 74.1 Å². The van der Waals surface area contributed by atoms with Crippen LogP contribution in [0.5, 0.6) is 0 Å². The van der Waals surface area contributed by atoms with Crippen molar-refractivity contribution in [3.05, 3.63) is 64.9 Å². The monoisotopic (exact) mass is 411 g/mol. The van der Waals surface area contributed by atoms with E-state index in [2.05, 4.69) is 17.1 Å². The Morgan fingerprint density at radius 2 is 1.77 bits per heavy atom. The van der Waals surface area contributed by atoms with Gasteiger partial charge in [0.15, 0.2) is 5.78 Å². The number of likely N-dealkylation sites (tertiary alicyclic amines) is 1. The van der Waals surface area contributed by atoms with Crippen molar-refractivity contribution < 1.29 is 9.59 Å². The molecule has 0 spiro atoms. The molecule has 1 amide bonds. The van der Waals surface area contributed by atoms with Gasteiger partial charge in [0, 0.05) is 36.2 Å². The number of allylic oxidation sites excluding steroid dienone is 2. The van der Waals surface area contributed by atoms with Crippen LogP contribution in [0.15, 0.2) is 48.2 Å². The van der Waals surface area contributed by atoms with Crippen LogP contribution in [0.25, 0.3) is 27.9 Å². The lowest BCUT2D eigenvalue weighted by Gasteiger charge is -2.26. The molecule has 0 unspecified atom stereocenters. The molecule has 1 aromatic heterocycles. The van der Waals surface area contributed by atoms with Crippen LogP contribution >= 0.6 is 0 Å². The normalized spacial score (nSPS) is 16.0. The average Bonchev–Trinajstić information content (AvgIpc) is 3.14. The molecule has 2 heterocycles. The molecule has 2 aliphatic rings. The van der Waals surface area contributed by atoms with Crippen LogP contribution in [-0.2, 0) is 11.2 Å². The summed E-state index contributed by atoms with van der Waals surface area (Å²) in [5, 5.41) is 0. The highest BCUT2D eigenvalue weighted by atomic mass is 16.2. The molecule has 0 N–H and O–H groups in total. The summed E-state index contributed by atoms with van der Waals surface area (Å²) in [6, 6.07) is 11.8. The maximum absolute atomic E-state index is 12.9. The Morgan fingerprint density at radius 1 is 0.968 bits per heavy atom. The molecule has 156 valence electrons. The number of rotatable bonds is 3. The van der Waals surface area contributed by atoms with E-state index in [0.29, 0.717) is 12.0 Å². The third kappa shape index (κ3) is 3.54. The fraction of sp³-hybridized carbons (Fsp3) is 0.308. The largest absolute Gasteiger partial charge is 0.339 e. The molecule has 1 aliphatic carbocycles. The van der Waals surface area contributed by atoms with E-state index < -0.39 is 0 Å². The maximum atomic E-state index is 12.9. The van der Waals surface area contributed by atoms with Crippen LogP contribution in [0, 0.1) is 0 Å². The number of carbonyl (C=O) groups excluding carboxylic acids is 2. The summed E-state index contributed by atoms with van der Waals surface area (Å²) in [6.45, 7) is 5.29. The van der Waals surface area contributed by atoms with Gasteiger partial charge < -0.3 is 4.90 Å². The van der Waals surface area contributed by atoms with Gasteiger partial charge in [-0.3, -0.25) is 14.6 Å². The van der Waals surface area contributed by atoms with Crippen LogP contribution in [-0.4, -0.2) is 39.6 Å². The standard InChI is InChI=1S/C26H25N3O2/c1-16-21(17(2)30)12-18-6-7-19(13-22(16)18)25-15-27-23-9-8-20(14-24(23)28-25)26(31)29-10-4-3-5-11-29/h6-9,13-15H,3-5,10-12H2,1-2H3. The first-order valence-electron chi connectivity index (χ1n) is 10.9. The molecule has 5 heteroatoms. The summed E-state index contributed by atoms with van der Waals surface area (Å²) in [5.74, 6) is 0.204. The minimum atomic E-state index is 0.0730. The van der Waals surface area contributed by atoms with Gasteiger partial charge in [-0.1, -0.05) is 12.1 Å². The summed E-state index contributed by atoms with van der Waals surface area (Å²) in [4.78, 5) is 36.1. The van der Waals surface area contributed by atoms with Crippen LogP contribution in [0.1, 0.15) is 54.6 Å². The first kappa shape index (κ1) is 19.6. The van der Waals surface area contributed by atoms with Gasteiger partial charge in [-0.2, -0.15) is 0 Å². The molecule has 31 heavy (non-hydrogen) atoms. The van der Waals surface area contributed by atoms with Crippen molar-refractivity contribution in [2.75, 3.05) is 13.1 Å². The number of carbonyl (C=O) groups is 2. The van der Waals surface area contributed by atoms with Crippen LogP contribution < -0.4 is 0 Å². The van der Waals surface area contributed by atoms with E-state index in [0.717, 1.165) is 64.9 Å². The quantitative estimate of drug-likeness (QED) is 0.619. The highest BCUT2D eigenvalue weighted by molar-refractivity contribution is 6.04. The molecule has 0 radical (unpaired) electrons. The van der Waals surface area contributed by atoms with E-state index in [4.69, 9.17) is 4.98 Å². The topological polar surface area (TPSA) is 63.2 Å². The van der Waals surface area contributed by atoms with E-state index in [-0.39, 0.29) is 11.7 Å². The first-order valence-corrected chi connectivity index (χ1v) is 10.9. The Bertz CT molecular complexity index is 1250. The summed E-state index contributed by atoms with van der Waals surface area (Å²) in [6.07, 6.45) is 5.81. The second-order valence-corrected chi connectivity index (χ2v) is 8.52. The number of nitrogens with zero attached hydrogens (tertiary/aromatic N) is 3. The second-order valence-electron chi connectivity index (χ2n) is 8.52. The molecule has 1 fully saturated rings. The van der Waals surface area contributed by atoms with E-state index in [1.807, 2.05) is 36.1 Å². The third-order valence-corrected chi connectivity index (χ3v) is 6.49. The van der Waals surface area contributed by atoms with Crippen LogP contribution in [0.2, 0.25) is 0 Å². The van der Waals surface area contributed by atoms with Crippen molar-refractivity contribution in [3.63, 3.8) is 0 Å². The summed E-state index contributed by atoms with van der Waals surface area (Å²) >= 11 is 0. The smallest absolute Gasteiger partial charge is 0.253 e. The number of piperidine rings is 1. The Hall–Kier alpha value is -3.34. The van der Waals surface area contributed by atoms with Gasteiger partial charge in [0.1, 0.15) is 0 Å². The van der Waals surface area contributed by atoms with Crippen molar-refractivity contribution in [2.45, 2.75) is 39.5 Å². The number of ketones is 1. The maximum Gasteiger partial charge on any atom is 0.253 e. The van der Waals surface area contributed by atoms with Gasteiger partial charge in [-0.25, -0.2) is 4.98 Å². The Kier molecular flexibility index (Phi) is 4.89. The van der Waals surface area contributed by atoms with Crippen molar-refractivity contribution >= 4 is 28.3 Å². The molecule has 2 aromatic carbocycles. The summed E-state index contributed by atoms with van der Waals surface area (Å²) in [5.41, 5.74) is 8.11. The molecule has 0 atom stereocenters. The average molecular weight is 412 g/mol. The number of hydrogen-bond acceptors (Lipinski definition) is 4. The summed E-state index contributed by atoms with van der Waals surface area (Å²) in [7, 11) is 0. The minimum Gasteiger partial charge on any atom is -0.339 e. The van der Waals surface area contributed by atoms with Crippen molar-refractivity contribution in [3.8, 4) is 11.3 Å². The summed E-state index contributed by atoms with van der Waals surface area (Å²) < 4.78 is 0. The molecule has 1 saturated heterocycles. The van der Waals surface area contributed by atoms with Gasteiger partial charge in [0.2, 0.25) is 0 Å². The first-order chi connectivity index (χ1) is 15.0. The molecule has 5 nitrogen and oxygen atoms in total. The molecule has 0 saturated carbocycles. The lowest BCUT2D eigenvalue weighted by molar-refractivity contribution is -0.113.